The number of aliphatic hydroxyl groups is 1. The lowest BCUT2D eigenvalue weighted by Gasteiger charge is -2.18. The lowest BCUT2D eigenvalue weighted by Crippen LogP contribution is -2.27. The normalized spacial score (nSPS) is 10.0. The summed E-state index contributed by atoms with van der Waals surface area (Å²) in [7, 11) is 5.63. The van der Waals surface area contributed by atoms with E-state index in [0.29, 0.717) is 6.54 Å². The molecule has 0 atom stereocenters. The van der Waals surface area contributed by atoms with Gasteiger partial charge in [0.05, 0.1) is 6.61 Å². The summed E-state index contributed by atoms with van der Waals surface area (Å²) in [6.45, 7) is 0.359. The maximum absolute atomic E-state index is 11.5. The van der Waals surface area contributed by atoms with Gasteiger partial charge in [0.2, 0.25) is 0 Å². The van der Waals surface area contributed by atoms with Crippen LogP contribution in [0.25, 0.3) is 0 Å². The molecule has 0 unspecified atom stereocenters. The average molecular weight is 252 g/mol. The van der Waals surface area contributed by atoms with Crippen LogP contribution in [0, 0.1) is 0 Å². The lowest BCUT2D eigenvalue weighted by molar-refractivity contribution is 0.0894. The smallest absolute Gasteiger partial charge is 0.409 e. The molecule has 5 heteroatoms. The van der Waals surface area contributed by atoms with Gasteiger partial charge in [0, 0.05) is 33.4 Å². The summed E-state index contributed by atoms with van der Waals surface area (Å²) in [5.74, 6) is 0. The van der Waals surface area contributed by atoms with Crippen molar-refractivity contribution in [3.63, 3.8) is 0 Å². The van der Waals surface area contributed by atoms with Crippen molar-refractivity contribution in [1.29, 1.82) is 0 Å². The number of ether oxygens (including phenoxy) is 1. The summed E-state index contributed by atoms with van der Waals surface area (Å²) in [5, 5.41) is 8.57. The van der Waals surface area contributed by atoms with Gasteiger partial charge in [0.25, 0.3) is 0 Å². The summed E-state index contributed by atoms with van der Waals surface area (Å²) in [6, 6.07) is 7.96. The van der Waals surface area contributed by atoms with E-state index in [4.69, 9.17) is 9.84 Å². The third-order valence-corrected chi connectivity index (χ3v) is 2.50. The SMILES string of the molecule is CN(Cc1ccc(N(C)C)cc1)C(=O)OCCO. The monoisotopic (exact) mass is 252 g/mol. The Hall–Kier alpha value is -1.75. The number of benzene rings is 1. The molecule has 0 saturated carbocycles. The van der Waals surface area contributed by atoms with Crippen molar-refractivity contribution in [2.75, 3.05) is 39.3 Å². The molecule has 1 aromatic carbocycles. The van der Waals surface area contributed by atoms with E-state index in [0.717, 1.165) is 11.3 Å². The molecule has 0 bridgehead atoms. The summed E-state index contributed by atoms with van der Waals surface area (Å²) in [4.78, 5) is 15.0. The van der Waals surface area contributed by atoms with Crippen molar-refractivity contribution >= 4 is 11.8 Å². The quantitative estimate of drug-likeness (QED) is 0.858. The van der Waals surface area contributed by atoms with Crippen molar-refractivity contribution < 1.29 is 14.6 Å². The zero-order valence-corrected chi connectivity index (χ0v) is 11.1. The fourth-order valence-corrected chi connectivity index (χ4v) is 1.48. The van der Waals surface area contributed by atoms with Crippen LogP contribution in [-0.4, -0.2) is 50.5 Å². The number of aliphatic hydroxyl groups excluding tert-OH is 1. The molecule has 0 spiro atoms. The molecule has 0 aromatic heterocycles. The van der Waals surface area contributed by atoms with Crippen LogP contribution in [-0.2, 0) is 11.3 Å². The Morgan fingerprint density at radius 1 is 1.22 bits per heavy atom. The number of carbonyl (C=O) groups is 1. The fourth-order valence-electron chi connectivity index (χ4n) is 1.48. The first-order chi connectivity index (χ1) is 8.54. The number of hydrogen-bond acceptors (Lipinski definition) is 4. The van der Waals surface area contributed by atoms with Gasteiger partial charge >= 0.3 is 6.09 Å². The van der Waals surface area contributed by atoms with Crippen LogP contribution in [0.2, 0.25) is 0 Å². The highest BCUT2D eigenvalue weighted by Crippen LogP contribution is 2.13. The van der Waals surface area contributed by atoms with E-state index < -0.39 is 6.09 Å². The first kappa shape index (κ1) is 14.3. The molecule has 1 N–H and O–H groups in total. The van der Waals surface area contributed by atoms with Crippen molar-refractivity contribution in [1.82, 2.24) is 4.90 Å². The van der Waals surface area contributed by atoms with Crippen LogP contribution in [0.15, 0.2) is 24.3 Å². The zero-order chi connectivity index (χ0) is 13.5. The Kier molecular flexibility index (Phi) is 5.45. The van der Waals surface area contributed by atoms with Gasteiger partial charge in [-0.1, -0.05) is 12.1 Å². The minimum Gasteiger partial charge on any atom is -0.447 e. The molecule has 18 heavy (non-hydrogen) atoms. The predicted molar refractivity (Wildman–Crippen MR) is 70.7 cm³/mol. The summed E-state index contributed by atoms with van der Waals surface area (Å²) < 4.78 is 4.82. The average Bonchev–Trinajstić information content (AvgIpc) is 2.36. The van der Waals surface area contributed by atoms with Crippen molar-refractivity contribution in [2.45, 2.75) is 6.54 Å². The largest absolute Gasteiger partial charge is 0.447 e. The van der Waals surface area contributed by atoms with Crippen LogP contribution in [0.4, 0.5) is 10.5 Å². The van der Waals surface area contributed by atoms with Gasteiger partial charge < -0.3 is 19.6 Å². The van der Waals surface area contributed by atoms with Crippen molar-refractivity contribution in [3.05, 3.63) is 29.8 Å². The Bertz CT molecular complexity index is 376. The standard InChI is InChI=1S/C13H20N2O3/c1-14(2)12-6-4-11(5-7-12)10-15(3)13(17)18-9-8-16/h4-7,16H,8-10H2,1-3H3. The third kappa shape index (κ3) is 4.25. The van der Waals surface area contributed by atoms with Crippen LogP contribution in [0.1, 0.15) is 5.56 Å². The van der Waals surface area contributed by atoms with Crippen LogP contribution >= 0.6 is 0 Å². The first-order valence-electron chi connectivity index (χ1n) is 5.79. The zero-order valence-electron chi connectivity index (χ0n) is 11.1. The molecule has 0 saturated heterocycles. The molecular weight excluding hydrogens is 232 g/mol. The summed E-state index contributed by atoms with van der Waals surface area (Å²) in [5.41, 5.74) is 2.15. The highest BCUT2D eigenvalue weighted by atomic mass is 16.6. The highest BCUT2D eigenvalue weighted by molar-refractivity contribution is 5.67. The molecule has 1 amide bonds. The molecule has 0 aliphatic carbocycles. The second-order valence-corrected chi connectivity index (χ2v) is 4.25. The molecule has 0 fully saturated rings. The van der Waals surface area contributed by atoms with E-state index in [1.165, 1.54) is 4.90 Å². The highest BCUT2D eigenvalue weighted by Gasteiger charge is 2.10. The molecule has 0 aliphatic heterocycles. The molecule has 0 radical (unpaired) electrons. The third-order valence-electron chi connectivity index (χ3n) is 2.50. The first-order valence-corrected chi connectivity index (χ1v) is 5.79. The number of amides is 1. The van der Waals surface area contributed by atoms with Gasteiger partial charge in [0.15, 0.2) is 0 Å². The van der Waals surface area contributed by atoms with Gasteiger partial charge in [-0.25, -0.2) is 4.79 Å². The molecule has 0 heterocycles. The van der Waals surface area contributed by atoms with Crippen LogP contribution < -0.4 is 4.90 Å². The Morgan fingerprint density at radius 3 is 2.33 bits per heavy atom. The molecule has 5 nitrogen and oxygen atoms in total. The summed E-state index contributed by atoms with van der Waals surface area (Å²) >= 11 is 0. The van der Waals surface area contributed by atoms with E-state index >= 15 is 0 Å². The number of carbonyl (C=O) groups excluding carboxylic acids is 1. The minimum absolute atomic E-state index is 0.0305. The van der Waals surface area contributed by atoms with Gasteiger partial charge in [-0.05, 0) is 17.7 Å². The summed E-state index contributed by atoms with van der Waals surface area (Å²) in [6.07, 6.45) is -0.430. The predicted octanol–water partition coefficient (Wildman–Crippen LogP) is 1.31. The Balaban J connectivity index is 2.53. The molecule has 1 aromatic rings. The minimum atomic E-state index is -0.430. The maximum Gasteiger partial charge on any atom is 0.409 e. The Labute approximate surface area is 108 Å². The van der Waals surface area contributed by atoms with Crippen molar-refractivity contribution in [2.24, 2.45) is 0 Å². The van der Waals surface area contributed by atoms with Gasteiger partial charge in [-0.15, -0.1) is 0 Å². The number of nitrogens with zero attached hydrogens (tertiary/aromatic N) is 2. The van der Waals surface area contributed by atoms with E-state index in [2.05, 4.69) is 0 Å². The topological polar surface area (TPSA) is 53.0 Å². The van der Waals surface area contributed by atoms with E-state index in [1.807, 2.05) is 43.3 Å². The van der Waals surface area contributed by atoms with Crippen LogP contribution in [0.5, 0.6) is 0 Å². The van der Waals surface area contributed by atoms with E-state index in [9.17, 15) is 4.79 Å². The van der Waals surface area contributed by atoms with Gasteiger partial charge in [-0.3, -0.25) is 0 Å². The number of rotatable bonds is 5. The number of anilines is 1. The number of hydrogen-bond donors (Lipinski definition) is 1. The molecule has 1 rings (SSSR count). The fraction of sp³-hybridized carbons (Fsp3) is 0.462. The van der Waals surface area contributed by atoms with Crippen LogP contribution in [0.3, 0.4) is 0 Å². The van der Waals surface area contributed by atoms with E-state index in [1.54, 1.807) is 7.05 Å². The van der Waals surface area contributed by atoms with Crippen molar-refractivity contribution in [3.8, 4) is 0 Å². The molecular formula is C13H20N2O3. The van der Waals surface area contributed by atoms with E-state index in [-0.39, 0.29) is 13.2 Å². The lowest BCUT2D eigenvalue weighted by atomic mass is 10.2. The molecule has 0 aliphatic rings. The molecule has 100 valence electrons. The second-order valence-electron chi connectivity index (χ2n) is 4.25. The Morgan fingerprint density at radius 2 is 1.83 bits per heavy atom. The van der Waals surface area contributed by atoms with Gasteiger partial charge in [0.1, 0.15) is 6.61 Å². The second kappa shape index (κ2) is 6.86. The van der Waals surface area contributed by atoms with Gasteiger partial charge in [-0.2, -0.15) is 0 Å². The maximum atomic E-state index is 11.5.